The van der Waals surface area contributed by atoms with Crippen LogP contribution in [0.5, 0.6) is 0 Å². The van der Waals surface area contributed by atoms with E-state index in [1.165, 1.54) is 43.0 Å². The Morgan fingerprint density at radius 1 is 0.567 bits per heavy atom. The fraction of sp³-hybridized carbons (Fsp3) is 0.0345. The van der Waals surface area contributed by atoms with Gasteiger partial charge in [-0.15, -0.1) is 0 Å². The van der Waals surface area contributed by atoms with E-state index in [-0.39, 0.29) is 0 Å². The van der Waals surface area contributed by atoms with E-state index in [0.29, 0.717) is 0 Å². The summed E-state index contributed by atoms with van der Waals surface area (Å²) in [6.07, 6.45) is 7.71. The van der Waals surface area contributed by atoms with E-state index in [2.05, 4.69) is 121 Å². The zero-order valence-corrected chi connectivity index (χ0v) is 17.8. The molecule has 0 nitrogen and oxygen atoms in total. The average Bonchev–Trinajstić information content (AvgIpc) is 3.46. The minimum Gasteiger partial charge on any atom is -0.0801 e. The SMILES string of the molecule is C1=CCC(c2ccc3c(c2)[Si](c2ccccc2)(c2ccccc2)c2ccccc2-3)=C1. The lowest BCUT2D eigenvalue weighted by Crippen LogP contribution is -2.72. The molecule has 0 fully saturated rings. The van der Waals surface area contributed by atoms with Gasteiger partial charge in [-0.3, -0.25) is 0 Å². The van der Waals surface area contributed by atoms with Crippen LogP contribution >= 0.6 is 0 Å². The molecule has 0 aromatic heterocycles. The highest BCUT2D eigenvalue weighted by Crippen LogP contribution is 2.31. The summed E-state index contributed by atoms with van der Waals surface area (Å²) in [6, 6.07) is 38.7. The minimum atomic E-state index is -2.36. The van der Waals surface area contributed by atoms with Crippen LogP contribution < -0.4 is 20.7 Å². The van der Waals surface area contributed by atoms with Gasteiger partial charge in [-0.1, -0.05) is 121 Å². The molecule has 0 amide bonds. The average molecular weight is 399 g/mol. The normalized spacial score (nSPS) is 15.5. The van der Waals surface area contributed by atoms with Gasteiger partial charge in [0.15, 0.2) is 8.07 Å². The van der Waals surface area contributed by atoms with E-state index in [9.17, 15) is 0 Å². The molecule has 1 heteroatoms. The van der Waals surface area contributed by atoms with E-state index < -0.39 is 8.07 Å². The van der Waals surface area contributed by atoms with Crippen molar-refractivity contribution >= 4 is 34.4 Å². The highest BCUT2D eigenvalue weighted by atomic mass is 28.3. The molecule has 142 valence electrons. The fourth-order valence-electron chi connectivity index (χ4n) is 5.31. The van der Waals surface area contributed by atoms with Gasteiger partial charge >= 0.3 is 0 Å². The molecule has 1 heterocycles. The molecule has 0 bridgehead atoms. The molecular weight excluding hydrogens is 376 g/mol. The lowest BCUT2D eigenvalue weighted by atomic mass is 10.00. The van der Waals surface area contributed by atoms with E-state index in [0.717, 1.165) is 6.42 Å². The van der Waals surface area contributed by atoms with Crippen LogP contribution in [0.15, 0.2) is 121 Å². The van der Waals surface area contributed by atoms with Gasteiger partial charge < -0.3 is 0 Å². The second-order valence-corrected chi connectivity index (χ2v) is 11.8. The summed E-state index contributed by atoms with van der Waals surface area (Å²) in [6.45, 7) is 0. The Labute approximate surface area is 178 Å². The molecule has 2 aliphatic rings. The summed E-state index contributed by atoms with van der Waals surface area (Å²) in [5.41, 5.74) is 5.57. The van der Waals surface area contributed by atoms with E-state index in [4.69, 9.17) is 0 Å². The Bertz CT molecular complexity index is 1260. The van der Waals surface area contributed by atoms with Crippen molar-refractivity contribution in [3.8, 4) is 11.1 Å². The maximum atomic E-state index is 2.50. The lowest BCUT2D eigenvalue weighted by Gasteiger charge is -2.31. The molecule has 0 radical (unpaired) electrons. The zero-order valence-electron chi connectivity index (χ0n) is 16.8. The van der Waals surface area contributed by atoms with Gasteiger partial charge in [-0.05, 0) is 49.4 Å². The summed E-state index contributed by atoms with van der Waals surface area (Å²) < 4.78 is 0. The van der Waals surface area contributed by atoms with Crippen molar-refractivity contribution < 1.29 is 0 Å². The van der Waals surface area contributed by atoms with Crippen molar-refractivity contribution in [3.05, 3.63) is 127 Å². The number of rotatable bonds is 3. The van der Waals surface area contributed by atoms with Crippen LogP contribution in [-0.2, 0) is 0 Å². The van der Waals surface area contributed by atoms with Gasteiger partial charge in [0.25, 0.3) is 0 Å². The molecule has 4 aromatic carbocycles. The topological polar surface area (TPSA) is 0 Å². The van der Waals surface area contributed by atoms with Crippen LogP contribution in [0.4, 0.5) is 0 Å². The third-order valence-electron chi connectivity index (χ3n) is 6.60. The Hall–Kier alpha value is -3.42. The maximum Gasteiger partial charge on any atom is 0.180 e. The second kappa shape index (κ2) is 6.83. The van der Waals surface area contributed by atoms with Crippen LogP contribution in [0.1, 0.15) is 12.0 Å². The van der Waals surface area contributed by atoms with Crippen LogP contribution in [0.3, 0.4) is 0 Å². The van der Waals surface area contributed by atoms with Crippen LogP contribution in [-0.4, -0.2) is 8.07 Å². The van der Waals surface area contributed by atoms with E-state index in [1.54, 1.807) is 0 Å². The van der Waals surface area contributed by atoms with Crippen molar-refractivity contribution in [2.45, 2.75) is 6.42 Å². The van der Waals surface area contributed by atoms with Crippen LogP contribution in [0.2, 0.25) is 0 Å². The Morgan fingerprint density at radius 3 is 1.87 bits per heavy atom. The number of fused-ring (bicyclic) bond motifs is 3. The number of benzene rings is 4. The molecule has 4 aromatic rings. The van der Waals surface area contributed by atoms with Gasteiger partial charge in [0, 0.05) is 0 Å². The van der Waals surface area contributed by atoms with Gasteiger partial charge in [0.2, 0.25) is 0 Å². The molecule has 1 aliphatic heterocycles. The molecule has 0 saturated carbocycles. The Balaban J connectivity index is 1.74. The smallest absolute Gasteiger partial charge is 0.0801 e. The van der Waals surface area contributed by atoms with Gasteiger partial charge in [-0.2, -0.15) is 0 Å². The van der Waals surface area contributed by atoms with Gasteiger partial charge in [-0.25, -0.2) is 0 Å². The fourth-order valence-corrected chi connectivity index (χ4v) is 10.5. The van der Waals surface area contributed by atoms with Crippen molar-refractivity contribution in [3.63, 3.8) is 0 Å². The highest BCUT2D eigenvalue weighted by molar-refractivity contribution is 7.22. The predicted octanol–water partition coefficient (Wildman–Crippen LogP) is 4.39. The summed E-state index contributed by atoms with van der Waals surface area (Å²) in [7, 11) is -2.36. The first-order chi connectivity index (χ1) is 14.9. The Morgan fingerprint density at radius 2 is 1.20 bits per heavy atom. The number of hydrogen-bond donors (Lipinski definition) is 0. The zero-order chi connectivity index (χ0) is 20.0. The largest absolute Gasteiger partial charge is 0.180 e. The van der Waals surface area contributed by atoms with E-state index in [1.807, 2.05) is 0 Å². The molecular formula is C29H22Si. The predicted molar refractivity (Wildman–Crippen MR) is 131 cm³/mol. The van der Waals surface area contributed by atoms with Gasteiger partial charge in [0.1, 0.15) is 0 Å². The summed E-state index contributed by atoms with van der Waals surface area (Å²) >= 11 is 0. The van der Waals surface area contributed by atoms with Crippen molar-refractivity contribution in [1.82, 2.24) is 0 Å². The molecule has 0 N–H and O–H groups in total. The quantitative estimate of drug-likeness (QED) is 0.396. The third-order valence-corrected chi connectivity index (χ3v) is 11.5. The molecule has 0 unspecified atom stereocenters. The molecule has 0 atom stereocenters. The first-order valence-electron chi connectivity index (χ1n) is 10.6. The van der Waals surface area contributed by atoms with Crippen molar-refractivity contribution in [1.29, 1.82) is 0 Å². The summed E-state index contributed by atoms with van der Waals surface area (Å²) in [4.78, 5) is 0. The molecule has 6 rings (SSSR count). The minimum absolute atomic E-state index is 1.02. The van der Waals surface area contributed by atoms with Crippen LogP contribution in [0.25, 0.3) is 16.7 Å². The molecule has 0 spiro atoms. The molecule has 0 saturated heterocycles. The number of hydrogen-bond acceptors (Lipinski definition) is 0. The summed E-state index contributed by atoms with van der Waals surface area (Å²) in [5.74, 6) is 0. The van der Waals surface area contributed by atoms with Gasteiger partial charge in [0.05, 0.1) is 0 Å². The second-order valence-electron chi connectivity index (χ2n) is 8.11. The first kappa shape index (κ1) is 17.4. The standard InChI is InChI=1S/C29H22Si/c1-3-13-24(14-4-1)30(25-15-5-2-6-16-25)28-18-10-9-17-26(28)27-20-19-23(21-29(27)30)22-11-7-8-12-22/h1-11,13-21H,12H2. The number of allylic oxidation sites excluding steroid dienone is 4. The van der Waals surface area contributed by atoms with Crippen molar-refractivity contribution in [2.75, 3.05) is 0 Å². The third kappa shape index (κ3) is 2.39. The highest BCUT2D eigenvalue weighted by Gasteiger charge is 2.48. The van der Waals surface area contributed by atoms with Crippen LogP contribution in [0, 0.1) is 0 Å². The molecule has 30 heavy (non-hydrogen) atoms. The van der Waals surface area contributed by atoms with E-state index >= 15 is 0 Å². The van der Waals surface area contributed by atoms with Crippen molar-refractivity contribution in [2.24, 2.45) is 0 Å². The maximum absolute atomic E-state index is 2.50. The monoisotopic (exact) mass is 398 g/mol. The Kier molecular flexibility index (Phi) is 3.97. The lowest BCUT2D eigenvalue weighted by molar-refractivity contribution is 1.44. The first-order valence-corrected chi connectivity index (χ1v) is 12.6. The molecule has 1 aliphatic carbocycles. The summed E-state index contributed by atoms with van der Waals surface area (Å²) in [5, 5.41) is 5.94.